The summed E-state index contributed by atoms with van der Waals surface area (Å²) in [6.45, 7) is 3.37. The molecule has 4 rings (SSSR count). The summed E-state index contributed by atoms with van der Waals surface area (Å²) in [7, 11) is 0. The Morgan fingerprint density at radius 2 is 1.77 bits per heavy atom. The number of nitrogens with zero attached hydrogens (tertiary/aromatic N) is 2. The van der Waals surface area contributed by atoms with E-state index >= 15 is 0 Å². The number of hydrogen-bond donors (Lipinski definition) is 0. The summed E-state index contributed by atoms with van der Waals surface area (Å²) in [5.74, 6) is 0.908. The average Bonchev–Trinajstić information content (AvgIpc) is 3.22. The second-order valence-corrected chi connectivity index (χ2v) is 7.84. The molecule has 4 nitrogen and oxygen atoms in total. The molecule has 2 heterocycles. The van der Waals surface area contributed by atoms with Crippen molar-refractivity contribution in [2.45, 2.75) is 37.5 Å². The first-order valence-corrected chi connectivity index (χ1v) is 10.3. The minimum absolute atomic E-state index is 0.0715. The van der Waals surface area contributed by atoms with Gasteiger partial charge in [0.1, 0.15) is 5.37 Å². The van der Waals surface area contributed by atoms with Crippen molar-refractivity contribution in [2.75, 3.05) is 12.4 Å². The van der Waals surface area contributed by atoms with E-state index in [1.807, 2.05) is 58.0 Å². The van der Waals surface area contributed by atoms with Gasteiger partial charge in [-0.05, 0) is 17.5 Å². The summed E-state index contributed by atoms with van der Waals surface area (Å²) in [6.07, 6.45) is 0.773. The molecule has 2 aliphatic rings. The number of benzene rings is 2. The van der Waals surface area contributed by atoms with Gasteiger partial charge in [0.2, 0.25) is 0 Å². The Bertz CT molecular complexity index is 740. The number of hydrogen-bond acceptors (Lipinski definition) is 3. The molecule has 3 atom stereocenters. The van der Waals surface area contributed by atoms with Crippen molar-refractivity contribution >= 4 is 17.8 Å². The Hall–Kier alpha value is -1.98. The van der Waals surface area contributed by atoms with Gasteiger partial charge in [-0.2, -0.15) is 0 Å². The number of fused-ring (bicyclic) bond motifs is 1. The van der Waals surface area contributed by atoms with E-state index in [0.717, 1.165) is 17.7 Å². The molecule has 0 N–H and O–H groups in total. The lowest BCUT2D eigenvalue weighted by Gasteiger charge is -2.26. The quantitative estimate of drug-likeness (QED) is 0.753. The van der Waals surface area contributed by atoms with E-state index in [0.29, 0.717) is 13.2 Å². The monoisotopic (exact) mass is 368 g/mol. The first kappa shape index (κ1) is 17.4. The van der Waals surface area contributed by atoms with E-state index in [4.69, 9.17) is 4.74 Å². The SMILES string of the molecule is CCCOC1[C@@H]2CSC(c3ccccc3)N2C(=O)N1Cc1ccccc1. The standard InChI is InChI=1S/C21H24N2O2S/c1-2-13-25-19-18-15-26-20(17-11-7-4-8-12-17)23(18)21(24)22(19)14-16-9-5-3-6-10-16/h3-12,18-20H,2,13-15H2,1H3/t18-,19?,20?/m0/s1. The zero-order chi connectivity index (χ0) is 17.9. The van der Waals surface area contributed by atoms with Crippen LogP contribution in [0.3, 0.4) is 0 Å². The first-order valence-electron chi connectivity index (χ1n) is 9.20. The Kier molecular flexibility index (Phi) is 5.18. The lowest BCUT2D eigenvalue weighted by atomic mass is 10.2. The number of urea groups is 1. The summed E-state index contributed by atoms with van der Waals surface area (Å²) < 4.78 is 6.16. The van der Waals surface area contributed by atoms with Crippen LogP contribution in [-0.4, -0.2) is 40.5 Å². The molecule has 0 saturated carbocycles. The second kappa shape index (κ2) is 7.72. The van der Waals surface area contributed by atoms with Crippen molar-refractivity contribution in [3.63, 3.8) is 0 Å². The Labute approximate surface area is 159 Å². The predicted molar refractivity (Wildman–Crippen MR) is 105 cm³/mol. The maximum Gasteiger partial charge on any atom is 0.324 e. The van der Waals surface area contributed by atoms with Gasteiger partial charge in [-0.15, -0.1) is 11.8 Å². The van der Waals surface area contributed by atoms with Crippen LogP contribution in [0, 0.1) is 0 Å². The second-order valence-electron chi connectivity index (χ2n) is 6.73. The molecule has 0 aliphatic carbocycles. The van der Waals surface area contributed by atoms with Crippen LogP contribution in [0.25, 0.3) is 0 Å². The third kappa shape index (κ3) is 3.21. The normalized spacial score (nSPS) is 25.0. The molecule has 0 aromatic heterocycles. The topological polar surface area (TPSA) is 32.8 Å². The molecule has 136 valence electrons. The number of amides is 2. The molecule has 5 heteroatoms. The fraction of sp³-hybridized carbons (Fsp3) is 0.381. The maximum absolute atomic E-state index is 13.3. The summed E-state index contributed by atoms with van der Waals surface area (Å²) >= 11 is 1.84. The van der Waals surface area contributed by atoms with Gasteiger partial charge >= 0.3 is 6.03 Å². The molecule has 26 heavy (non-hydrogen) atoms. The van der Waals surface area contributed by atoms with Crippen molar-refractivity contribution in [1.29, 1.82) is 0 Å². The Balaban J connectivity index is 1.61. The van der Waals surface area contributed by atoms with Gasteiger partial charge in [0.15, 0.2) is 6.23 Å². The zero-order valence-corrected chi connectivity index (χ0v) is 15.8. The van der Waals surface area contributed by atoms with Crippen molar-refractivity contribution in [1.82, 2.24) is 9.80 Å². The van der Waals surface area contributed by atoms with Crippen molar-refractivity contribution in [2.24, 2.45) is 0 Å². The minimum atomic E-state index is -0.177. The fourth-order valence-electron chi connectivity index (χ4n) is 3.70. The van der Waals surface area contributed by atoms with Gasteiger partial charge in [0, 0.05) is 12.4 Å². The number of carbonyl (C=O) groups is 1. The Morgan fingerprint density at radius 1 is 1.08 bits per heavy atom. The molecule has 0 spiro atoms. The van der Waals surface area contributed by atoms with E-state index in [1.165, 1.54) is 5.56 Å². The molecule has 2 unspecified atom stereocenters. The summed E-state index contributed by atoms with van der Waals surface area (Å²) in [6, 6.07) is 20.7. The maximum atomic E-state index is 13.3. The van der Waals surface area contributed by atoms with Gasteiger partial charge in [-0.1, -0.05) is 67.6 Å². The molecular weight excluding hydrogens is 344 g/mol. The van der Waals surface area contributed by atoms with Crippen molar-refractivity contribution in [3.8, 4) is 0 Å². The van der Waals surface area contributed by atoms with Crippen molar-refractivity contribution < 1.29 is 9.53 Å². The highest BCUT2D eigenvalue weighted by molar-refractivity contribution is 7.99. The predicted octanol–water partition coefficient (Wildman–Crippen LogP) is 4.49. The van der Waals surface area contributed by atoms with Crippen LogP contribution in [0.1, 0.15) is 29.8 Å². The van der Waals surface area contributed by atoms with Crippen LogP contribution < -0.4 is 0 Å². The third-order valence-corrected chi connectivity index (χ3v) is 6.26. The average molecular weight is 369 g/mol. The van der Waals surface area contributed by atoms with Crippen LogP contribution in [0.4, 0.5) is 4.79 Å². The van der Waals surface area contributed by atoms with Crippen LogP contribution in [0.2, 0.25) is 0 Å². The Morgan fingerprint density at radius 3 is 2.46 bits per heavy atom. The van der Waals surface area contributed by atoms with Gasteiger partial charge in [0.05, 0.1) is 12.6 Å². The molecule has 2 fully saturated rings. The lowest BCUT2D eigenvalue weighted by molar-refractivity contribution is -0.0370. The van der Waals surface area contributed by atoms with E-state index in [1.54, 1.807) is 0 Å². The van der Waals surface area contributed by atoms with Gasteiger partial charge < -0.3 is 9.64 Å². The zero-order valence-electron chi connectivity index (χ0n) is 15.0. The number of thioether (sulfide) groups is 1. The highest BCUT2D eigenvalue weighted by Gasteiger charge is 2.53. The number of ether oxygens (including phenoxy) is 1. The smallest absolute Gasteiger partial charge is 0.324 e. The number of carbonyl (C=O) groups excluding carboxylic acids is 1. The molecule has 0 radical (unpaired) electrons. The number of rotatable bonds is 6. The highest BCUT2D eigenvalue weighted by Crippen LogP contribution is 2.47. The molecular formula is C21H24N2O2S. The van der Waals surface area contributed by atoms with Crippen LogP contribution in [-0.2, 0) is 11.3 Å². The molecule has 2 aromatic rings. The van der Waals surface area contributed by atoms with Crippen molar-refractivity contribution in [3.05, 3.63) is 71.8 Å². The van der Waals surface area contributed by atoms with Gasteiger partial charge in [-0.25, -0.2) is 4.79 Å². The molecule has 2 amide bonds. The van der Waals surface area contributed by atoms with Crippen LogP contribution in [0.15, 0.2) is 60.7 Å². The van der Waals surface area contributed by atoms with E-state index < -0.39 is 0 Å². The molecule has 2 aromatic carbocycles. The fourth-order valence-corrected chi connectivity index (χ4v) is 5.16. The van der Waals surface area contributed by atoms with E-state index in [-0.39, 0.29) is 23.7 Å². The van der Waals surface area contributed by atoms with Crippen LogP contribution in [0.5, 0.6) is 0 Å². The third-order valence-electron chi connectivity index (χ3n) is 4.91. The summed E-state index contributed by atoms with van der Waals surface area (Å²) in [5, 5.41) is 0.0715. The molecule has 2 saturated heterocycles. The molecule has 0 bridgehead atoms. The van der Waals surface area contributed by atoms with Crippen LogP contribution >= 0.6 is 11.8 Å². The largest absolute Gasteiger partial charge is 0.356 e. The van der Waals surface area contributed by atoms with E-state index in [9.17, 15) is 4.79 Å². The first-order chi connectivity index (χ1) is 12.8. The molecule has 2 aliphatic heterocycles. The van der Waals surface area contributed by atoms with Gasteiger partial charge in [-0.3, -0.25) is 4.90 Å². The minimum Gasteiger partial charge on any atom is -0.356 e. The van der Waals surface area contributed by atoms with E-state index in [2.05, 4.69) is 31.2 Å². The lowest BCUT2D eigenvalue weighted by Crippen LogP contribution is -2.39. The van der Waals surface area contributed by atoms with Gasteiger partial charge in [0.25, 0.3) is 0 Å². The highest BCUT2D eigenvalue weighted by atomic mass is 32.2. The summed E-state index contributed by atoms with van der Waals surface area (Å²) in [4.78, 5) is 17.2. The summed E-state index contributed by atoms with van der Waals surface area (Å²) in [5.41, 5.74) is 2.32.